The number of benzene rings is 1. The van der Waals surface area contributed by atoms with Crippen LogP contribution in [-0.4, -0.2) is 33.0 Å². The molecule has 27 heavy (non-hydrogen) atoms. The van der Waals surface area contributed by atoms with Crippen molar-refractivity contribution >= 4 is 24.0 Å². The van der Waals surface area contributed by atoms with E-state index in [0.717, 1.165) is 46.8 Å². The van der Waals surface area contributed by atoms with Crippen LogP contribution in [0.25, 0.3) is 17.1 Å². The van der Waals surface area contributed by atoms with Gasteiger partial charge in [-0.2, -0.15) is 10.1 Å². The molecule has 1 atom stereocenters. The molecule has 0 amide bonds. The summed E-state index contributed by atoms with van der Waals surface area (Å²) in [5.41, 5.74) is 4.05. The van der Waals surface area contributed by atoms with Crippen LogP contribution in [-0.2, 0) is 6.42 Å². The number of aryl methyl sites for hydroxylation is 1. The van der Waals surface area contributed by atoms with E-state index in [1.165, 1.54) is 0 Å². The zero-order valence-electron chi connectivity index (χ0n) is 15.6. The molecule has 1 unspecified atom stereocenters. The van der Waals surface area contributed by atoms with Gasteiger partial charge in [0.2, 0.25) is 0 Å². The molecule has 1 fully saturated rings. The predicted molar refractivity (Wildman–Crippen MR) is 108 cm³/mol. The number of hydrogen-bond donors (Lipinski definition) is 1. The lowest BCUT2D eigenvalue weighted by Crippen LogP contribution is -2.24. The average molecular weight is 408 g/mol. The Morgan fingerprint density at radius 2 is 2.15 bits per heavy atom. The van der Waals surface area contributed by atoms with Crippen molar-refractivity contribution in [2.45, 2.75) is 45.1 Å². The van der Waals surface area contributed by atoms with Gasteiger partial charge in [0.05, 0.1) is 23.1 Å². The molecule has 1 N–H and O–H groups in total. The van der Waals surface area contributed by atoms with Crippen LogP contribution in [0, 0.1) is 6.92 Å². The van der Waals surface area contributed by atoms with Crippen LogP contribution in [0.15, 0.2) is 28.9 Å². The summed E-state index contributed by atoms with van der Waals surface area (Å²) < 4.78 is 7.50. The number of likely N-dealkylation sites (N-methyl/N-ethyl adjacent to an activating group) is 1. The predicted octanol–water partition coefficient (Wildman–Crippen LogP) is 4.33. The SMILES string of the molecule is CNC(C)Cc1noc(-c2cnn(-c3ccc(C)c(Cl)c3)c2C2CC2)n1.Cl. The van der Waals surface area contributed by atoms with Crippen molar-refractivity contribution in [1.29, 1.82) is 0 Å². The lowest BCUT2D eigenvalue weighted by atomic mass is 10.1. The summed E-state index contributed by atoms with van der Waals surface area (Å²) in [6.07, 6.45) is 4.84. The summed E-state index contributed by atoms with van der Waals surface area (Å²) in [6, 6.07) is 6.30. The Labute approximate surface area is 169 Å². The van der Waals surface area contributed by atoms with Crippen molar-refractivity contribution in [2.24, 2.45) is 0 Å². The molecule has 3 aromatic rings. The Morgan fingerprint density at radius 3 is 2.81 bits per heavy atom. The highest BCUT2D eigenvalue weighted by Crippen LogP contribution is 2.45. The van der Waals surface area contributed by atoms with E-state index in [4.69, 9.17) is 16.1 Å². The number of rotatable bonds is 6. The second-order valence-corrected chi connectivity index (χ2v) is 7.38. The standard InChI is InChI=1S/C19H22ClN5O.ClH/c1-11-4-7-14(9-16(11)20)25-18(13-5-6-13)15(10-22-25)19-23-17(24-26-19)8-12(2)21-3;/h4,7,9-10,12-13,21H,5-6,8H2,1-3H3;1H. The smallest absolute Gasteiger partial charge is 0.261 e. The Morgan fingerprint density at radius 1 is 1.37 bits per heavy atom. The highest BCUT2D eigenvalue weighted by atomic mass is 35.5. The van der Waals surface area contributed by atoms with E-state index in [0.29, 0.717) is 23.7 Å². The van der Waals surface area contributed by atoms with E-state index in [-0.39, 0.29) is 12.4 Å². The monoisotopic (exact) mass is 407 g/mol. The first-order valence-electron chi connectivity index (χ1n) is 8.91. The van der Waals surface area contributed by atoms with E-state index < -0.39 is 0 Å². The molecule has 6 nitrogen and oxygen atoms in total. The van der Waals surface area contributed by atoms with Crippen LogP contribution >= 0.6 is 24.0 Å². The molecule has 1 aliphatic carbocycles. The Balaban J connectivity index is 0.00000210. The number of hydrogen-bond acceptors (Lipinski definition) is 5. The Hall–Kier alpha value is -1.89. The Kier molecular flexibility index (Phi) is 5.89. The second kappa shape index (κ2) is 8.00. The summed E-state index contributed by atoms with van der Waals surface area (Å²) in [5, 5.41) is 12.6. The zero-order valence-corrected chi connectivity index (χ0v) is 17.1. The third-order valence-corrected chi connectivity index (χ3v) is 5.26. The first-order chi connectivity index (χ1) is 12.6. The fourth-order valence-corrected chi connectivity index (χ4v) is 3.19. The Bertz CT molecular complexity index is 932. The lowest BCUT2D eigenvalue weighted by Gasteiger charge is -2.09. The number of halogens is 2. The van der Waals surface area contributed by atoms with Gasteiger partial charge in [-0.1, -0.05) is 22.8 Å². The van der Waals surface area contributed by atoms with Crippen molar-refractivity contribution in [3.63, 3.8) is 0 Å². The van der Waals surface area contributed by atoms with Gasteiger partial charge < -0.3 is 9.84 Å². The summed E-state index contributed by atoms with van der Waals surface area (Å²) in [6.45, 7) is 4.08. The molecule has 2 aromatic heterocycles. The number of nitrogens with zero attached hydrogens (tertiary/aromatic N) is 4. The second-order valence-electron chi connectivity index (χ2n) is 6.97. The average Bonchev–Trinajstić information content (AvgIpc) is 3.20. The minimum atomic E-state index is 0. The summed E-state index contributed by atoms with van der Waals surface area (Å²) in [4.78, 5) is 4.58. The zero-order chi connectivity index (χ0) is 18.3. The summed E-state index contributed by atoms with van der Waals surface area (Å²) in [5.74, 6) is 1.71. The fourth-order valence-electron chi connectivity index (χ4n) is 3.01. The molecular weight excluding hydrogens is 385 g/mol. The molecule has 0 radical (unpaired) electrons. The van der Waals surface area contributed by atoms with Crippen LogP contribution in [0.5, 0.6) is 0 Å². The molecule has 4 rings (SSSR count). The van der Waals surface area contributed by atoms with E-state index in [1.54, 1.807) is 0 Å². The minimum Gasteiger partial charge on any atom is -0.334 e. The molecule has 0 saturated heterocycles. The van der Waals surface area contributed by atoms with Crippen molar-refractivity contribution < 1.29 is 4.52 Å². The van der Waals surface area contributed by atoms with Gasteiger partial charge in [-0.15, -0.1) is 12.4 Å². The number of nitrogens with one attached hydrogen (secondary N) is 1. The molecule has 0 aliphatic heterocycles. The maximum absolute atomic E-state index is 6.31. The van der Waals surface area contributed by atoms with Crippen molar-refractivity contribution in [3.8, 4) is 17.1 Å². The normalized spacial score (nSPS) is 14.8. The van der Waals surface area contributed by atoms with E-state index in [2.05, 4.69) is 27.5 Å². The molecule has 144 valence electrons. The quantitative estimate of drug-likeness (QED) is 0.658. The van der Waals surface area contributed by atoms with E-state index in [9.17, 15) is 0 Å². The van der Waals surface area contributed by atoms with Gasteiger partial charge in [-0.05, 0) is 51.4 Å². The van der Waals surface area contributed by atoms with Crippen LogP contribution < -0.4 is 5.32 Å². The van der Waals surface area contributed by atoms with Gasteiger partial charge >= 0.3 is 0 Å². The molecular formula is C19H23Cl2N5O. The molecule has 8 heteroatoms. The lowest BCUT2D eigenvalue weighted by molar-refractivity contribution is 0.418. The third kappa shape index (κ3) is 4.03. The van der Waals surface area contributed by atoms with E-state index >= 15 is 0 Å². The number of aromatic nitrogens is 4. The van der Waals surface area contributed by atoms with Crippen LogP contribution in [0.2, 0.25) is 5.02 Å². The van der Waals surface area contributed by atoms with Gasteiger partial charge in [0.1, 0.15) is 0 Å². The van der Waals surface area contributed by atoms with Gasteiger partial charge in [-0.3, -0.25) is 0 Å². The van der Waals surface area contributed by atoms with Gasteiger partial charge in [0, 0.05) is 23.4 Å². The molecule has 1 aliphatic rings. The minimum absolute atomic E-state index is 0. The topological polar surface area (TPSA) is 68.8 Å². The van der Waals surface area contributed by atoms with Crippen LogP contribution in [0.4, 0.5) is 0 Å². The van der Waals surface area contributed by atoms with Gasteiger partial charge in [0.25, 0.3) is 5.89 Å². The fraction of sp³-hybridized carbons (Fsp3) is 0.421. The molecule has 1 saturated carbocycles. The maximum atomic E-state index is 6.31. The largest absolute Gasteiger partial charge is 0.334 e. The molecule has 2 heterocycles. The first kappa shape index (κ1) is 19.9. The molecule has 1 aromatic carbocycles. The summed E-state index contributed by atoms with van der Waals surface area (Å²) >= 11 is 6.31. The van der Waals surface area contributed by atoms with Crippen LogP contribution in [0.1, 0.15) is 42.8 Å². The van der Waals surface area contributed by atoms with Gasteiger partial charge in [-0.25, -0.2) is 4.68 Å². The molecule has 0 bridgehead atoms. The van der Waals surface area contributed by atoms with E-state index in [1.807, 2.05) is 43.0 Å². The van der Waals surface area contributed by atoms with Crippen molar-refractivity contribution in [2.75, 3.05) is 7.05 Å². The highest BCUT2D eigenvalue weighted by molar-refractivity contribution is 6.31. The maximum Gasteiger partial charge on any atom is 0.261 e. The third-order valence-electron chi connectivity index (χ3n) is 4.85. The molecule has 0 spiro atoms. The van der Waals surface area contributed by atoms with Crippen LogP contribution in [0.3, 0.4) is 0 Å². The van der Waals surface area contributed by atoms with Crippen molar-refractivity contribution in [3.05, 3.63) is 46.5 Å². The van der Waals surface area contributed by atoms with Gasteiger partial charge in [0.15, 0.2) is 5.82 Å². The van der Waals surface area contributed by atoms with Crippen molar-refractivity contribution in [1.82, 2.24) is 25.2 Å². The first-order valence-corrected chi connectivity index (χ1v) is 9.29. The highest BCUT2D eigenvalue weighted by Gasteiger charge is 2.33. The summed E-state index contributed by atoms with van der Waals surface area (Å²) in [7, 11) is 1.92.